The largest absolute Gasteiger partial charge is 0.312 e. The lowest BCUT2D eigenvalue weighted by Gasteiger charge is -2.16. The number of hydrogen-bond donors (Lipinski definition) is 1. The summed E-state index contributed by atoms with van der Waals surface area (Å²) in [4.78, 5) is 2.70. The Hall–Kier alpha value is 0.270. The zero-order chi connectivity index (χ0) is 11.4. The standard InChI is InChI=1S/C13H26N2S/c1-3-16-8-4-7-14-13-10-15(9-11(13)2)12-5-6-12/h11-14H,3-10H2,1-2H3. The summed E-state index contributed by atoms with van der Waals surface area (Å²) in [5.41, 5.74) is 0. The molecule has 3 heteroatoms. The van der Waals surface area contributed by atoms with Crippen LogP contribution in [0.1, 0.15) is 33.1 Å². The molecular weight excluding hydrogens is 216 g/mol. The molecule has 1 saturated carbocycles. The molecule has 2 aliphatic rings. The summed E-state index contributed by atoms with van der Waals surface area (Å²) in [6, 6.07) is 1.71. The maximum Gasteiger partial charge on any atom is 0.0232 e. The first-order chi connectivity index (χ1) is 7.81. The van der Waals surface area contributed by atoms with Crippen molar-refractivity contribution in [1.29, 1.82) is 0 Å². The predicted molar refractivity (Wildman–Crippen MR) is 73.2 cm³/mol. The lowest BCUT2D eigenvalue weighted by molar-refractivity contribution is 0.313. The number of nitrogens with one attached hydrogen (secondary N) is 1. The molecule has 0 aromatic rings. The van der Waals surface area contributed by atoms with Gasteiger partial charge in [-0.1, -0.05) is 13.8 Å². The molecule has 0 spiro atoms. The normalized spacial score (nSPS) is 31.1. The molecule has 0 aromatic carbocycles. The van der Waals surface area contributed by atoms with E-state index in [9.17, 15) is 0 Å². The summed E-state index contributed by atoms with van der Waals surface area (Å²) < 4.78 is 0. The molecule has 1 aliphatic carbocycles. The van der Waals surface area contributed by atoms with E-state index < -0.39 is 0 Å². The molecule has 0 aromatic heterocycles. The Morgan fingerprint density at radius 3 is 2.81 bits per heavy atom. The van der Waals surface area contributed by atoms with Crippen molar-refractivity contribution in [2.24, 2.45) is 5.92 Å². The molecule has 2 unspecified atom stereocenters. The van der Waals surface area contributed by atoms with E-state index in [0.717, 1.165) is 18.0 Å². The van der Waals surface area contributed by atoms with Gasteiger partial charge >= 0.3 is 0 Å². The van der Waals surface area contributed by atoms with E-state index in [0.29, 0.717) is 0 Å². The van der Waals surface area contributed by atoms with E-state index in [1.807, 2.05) is 0 Å². The van der Waals surface area contributed by atoms with Crippen LogP contribution >= 0.6 is 11.8 Å². The average Bonchev–Trinajstić information content (AvgIpc) is 3.05. The number of nitrogens with zero attached hydrogens (tertiary/aromatic N) is 1. The minimum Gasteiger partial charge on any atom is -0.312 e. The second-order valence-corrected chi connectivity index (χ2v) is 6.67. The molecule has 2 nitrogen and oxygen atoms in total. The number of hydrogen-bond acceptors (Lipinski definition) is 3. The fourth-order valence-corrected chi connectivity index (χ4v) is 3.25. The molecule has 0 radical (unpaired) electrons. The summed E-state index contributed by atoms with van der Waals surface area (Å²) in [5.74, 6) is 3.42. The van der Waals surface area contributed by atoms with Crippen molar-refractivity contribution in [3.63, 3.8) is 0 Å². The van der Waals surface area contributed by atoms with Crippen molar-refractivity contribution in [2.75, 3.05) is 31.1 Å². The summed E-state index contributed by atoms with van der Waals surface area (Å²) >= 11 is 2.06. The van der Waals surface area contributed by atoms with Gasteiger partial charge in [0.2, 0.25) is 0 Å². The Kier molecular flexibility index (Phi) is 4.98. The van der Waals surface area contributed by atoms with Crippen LogP contribution in [-0.2, 0) is 0 Å². The topological polar surface area (TPSA) is 15.3 Å². The van der Waals surface area contributed by atoms with Gasteiger partial charge < -0.3 is 5.32 Å². The van der Waals surface area contributed by atoms with Crippen LogP contribution < -0.4 is 5.32 Å². The van der Waals surface area contributed by atoms with Crippen molar-refractivity contribution in [3.05, 3.63) is 0 Å². The van der Waals surface area contributed by atoms with E-state index in [1.165, 1.54) is 50.4 Å². The fourth-order valence-electron chi connectivity index (χ4n) is 2.61. The van der Waals surface area contributed by atoms with E-state index in [-0.39, 0.29) is 0 Å². The number of likely N-dealkylation sites (tertiary alicyclic amines) is 1. The lowest BCUT2D eigenvalue weighted by Crippen LogP contribution is -2.36. The van der Waals surface area contributed by atoms with Gasteiger partial charge in [-0.05, 0) is 43.2 Å². The van der Waals surface area contributed by atoms with Gasteiger partial charge in [0, 0.05) is 25.2 Å². The highest BCUT2D eigenvalue weighted by atomic mass is 32.2. The summed E-state index contributed by atoms with van der Waals surface area (Å²) in [6.45, 7) is 8.48. The zero-order valence-electron chi connectivity index (χ0n) is 10.7. The van der Waals surface area contributed by atoms with Crippen LogP contribution in [0.4, 0.5) is 0 Å². The predicted octanol–water partition coefficient (Wildman–Crippen LogP) is 2.20. The SMILES string of the molecule is CCSCCCNC1CN(C2CC2)CC1C. The maximum absolute atomic E-state index is 3.75. The monoisotopic (exact) mass is 242 g/mol. The van der Waals surface area contributed by atoms with E-state index in [4.69, 9.17) is 0 Å². The van der Waals surface area contributed by atoms with Gasteiger partial charge in [0.25, 0.3) is 0 Å². The first kappa shape index (κ1) is 12.7. The van der Waals surface area contributed by atoms with Crippen LogP contribution in [0.3, 0.4) is 0 Å². The Bertz CT molecular complexity index is 206. The van der Waals surface area contributed by atoms with E-state index in [2.05, 4.69) is 35.8 Å². The highest BCUT2D eigenvalue weighted by Crippen LogP contribution is 2.31. The molecule has 1 heterocycles. The van der Waals surface area contributed by atoms with Gasteiger partial charge in [0.05, 0.1) is 0 Å². The number of rotatable bonds is 7. The van der Waals surface area contributed by atoms with Crippen LogP contribution in [0.5, 0.6) is 0 Å². The molecule has 2 fully saturated rings. The Balaban J connectivity index is 1.58. The molecule has 1 saturated heterocycles. The third-order valence-electron chi connectivity index (χ3n) is 3.78. The van der Waals surface area contributed by atoms with E-state index >= 15 is 0 Å². The average molecular weight is 242 g/mol. The fraction of sp³-hybridized carbons (Fsp3) is 1.00. The van der Waals surface area contributed by atoms with Crippen LogP contribution in [0.2, 0.25) is 0 Å². The quantitative estimate of drug-likeness (QED) is 0.689. The molecule has 1 N–H and O–H groups in total. The Morgan fingerprint density at radius 2 is 2.12 bits per heavy atom. The van der Waals surface area contributed by atoms with E-state index in [1.54, 1.807) is 0 Å². The summed E-state index contributed by atoms with van der Waals surface area (Å²) in [7, 11) is 0. The maximum atomic E-state index is 3.75. The van der Waals surface area contributed by atoms with Gasteiger partial charge in [-0.15, -0.1) is 0 Å². The van der Waals surface area contributed by atoms with Gasteiger partial charge in [-0.3, -0.25) is 4.90 Å². The first-order valence-corrected chi connectivity index (χ1v) is 8.02. The third-order valence-corrected chi connectivity index (χ3v) is 4.77. The molecule has 0 bridgehead atoms. The van der Waals surface area contributed by atoms with Crippen molar-refractivity contribution >= 4 is 11.8 Å². The van der Waals surface area contributed by atoms with Crippen molar-refractivity contribution < 1.29 is 0 Å². The Morgan fingerprint density at radius 1 is 1.31 bits per heavy atom. The van der Waals surface area contributed by atoms with Gasteiger partial charge in [0.1, 0.15) is 0 Å². The molecule has 2 rings (SSSR count). The molecular formula is C13H26N2S. The van der Waals surface area contributed by atoms with Crippen molar-refractivity contribution in [1.82, 2.24) is 10.2 Å². The highest BCUT2D eigenvalue weighted by Gasteiger charge is 2.37. The van der Waals surface area contributed by atoms with Crippen molar-refractivity contribution in [3.8, 4) is 0 Å². The van der Waals surface area contributed by atoms with Crippen molar-refractivity contribution in [2.45, 2.75) is 45.2 Å². The van der Waals surface area contributed by atoms with Crippen LogP contribution in [-0.4, -0.2) is 48.1 Å². The molecule has 0 amide bonds. The second kappa shape index (κ2) is 6.27. The summed E-state index contributed by atoms with van der Waals surface area (Å²) in [5, 5.41) is 3.75. The second-order valence-electron chi connectivity index (χ2n) is 5.27. The molecule has 2 atom stereocenters. The third kappa shape index (κ3) is 3.64. The Labute approximate surface area is 105 Å². The van der Waals surface area contributed by atoms with Crippen LogP contribution in [0, 0.1) is 5.92 Å². The number of thioether (sulfide) groups is 1. The minimum absolute atomic E-state index is 0.757. The molecule has 1 aliphatic heterocycles. The van der Waals surface area contributed by atoms with Gasteiger partial charge in [0.15, 0.2) is 0 Å². The smallest absolute Gasteiger partial charge is 0.0232 e. The minimum atomic E-state index is 0.757. The zero-order valence-corrected chi connectivity index (χ0v) is 11.6. The molecule has 16 heavy (non-hydrogen) atoms. The van der Waals surface area contributed by atoms with Gasteiger partial charge in [-0.2, -0.15) is 11.8 Å². The first-order valence-electron chi connectivity index (χ1n) is 6.86. The van der Waals surface area contributed by atoms with Crippen LogP contribution in [0.25, 0.3) is 0 Å². The molecule has 94 valence electrons. The van der Waals surface area contributed by atoms with Gasteiger partial charge in [-0.25, -0.2) is 0 Å². The summed E-state index contributed by atoms with van der Waals surface area (Å²) in [6.07, 6.45) is 4.23. The lowest BCUT2D eigenvalue weighted by atomic mass is 10.1. The van der Waals surface area contributed by atoms with Crippen LogP contribution in [0.15, 0.2) is 0 Å². The highest BCUT2D eigenvalue weighted by molar-refractivity contribution is 7.99.